The summed E-state index contributed by atoms with van der Waals surface area (Å²) in [5.74, 6) is 0.684. The first-order valence-electron chi connectivity index (χ1n) is 5.65. The summed E-state index contributed by atoms with van der Waals surface area (Å²) in [6, 6.07) is 7.51. The first kappa shape index (κ1) is 10.2. The molecule has 0 unspecified atom stereocenters. The molecule has 1 heterocycles. The Bertz CT molecular complexity index is 614. The van der Waals surface area contributed by atoms with Gasteiger partial charge in [-0.1, -0.05) is 0 Å². The molecule has 0 aliphatic heterocycles. The SMILES string of the molecule is COc1ccc2c(NC3CC3)cc(=O)oc2c1. The highest BCUT2D eigenvalue weighted by atomic mass is 16.5. The number of fused-ring (bicyclic) bond motifs is 1. The second-order valence-electron chi connectivity index (χ2n) is 4.26. The molecule has 17 heavy (non-hydrogen) atoms. The molecule has 0 radical (unpaired) electrons. The number of hydrogen-bond acceptors (Lipinski definition) is 4. The minimum Gasteiger partial charge on any atom is -0.497 e. The molecule has 1 aliphatic carbocycles. The van der Waals surface area contributed by atoms with E-state index in [1.165, 1.54) is 6.07 Å². The quantitative estimate of drug-likeness (QED) is 0.824. The molecule has 0 bridgehead atoms. The number of anilines is 1. The van der Waals surface area contributed by atoms with Gasteiger partial charge in [-0.3, -0.25) is 0 Å². The van der Waals surface area contributed by atoms with E-state index in [1.807, 2.05) is 12.1 Å². The average Bonchev–Trinajstić information content (AvgIpc) is 3.12. The van der Waals surface area contributed by atoms with E-state index in [-0.39, 0.29) is 5.63 Å². The van der Waals surface area contributed by atoms with Crippen molar-refractivity contribution >= 4 is 16.7 Å². The van der Waals surface area contributed by atoms with Crippen LogP contribution in [0.15, 0.2) is 33.5 Å². The van der Waals surface area contributed by atoms with Gasteiger partial charge >= 0.3 is 5.63 Å². The van der Waals surface area contributed by atoms with Crippen molar-refractivity contribution in [1.82, 2.24) is 0 Å². The average molecular weight is 231 g/mol. The van der Waals surface area contributed by atoms with Gasteiger partial charge in [0, 0.05) is 23.6 Å². The molecule has 1 saturated carbocycles. The smallest absolute Gasteiger partial charge is 0.338 e. The topological polar surface area (TPSA) is 51.5 Å². The van der Waals surface area contributed by atoms with Crippen molar-refractivity contribution in [3.05, 3.63) is 34.7 Å². The van der Waals surface area contributed by atoms with Crippen LogP contribution < -0.4 is 15.7 Å². The van der Waals surface area contributed by atoms with Gasteiger partial charge < -0.3 is 14.5 Å². The van der Waals surface area contributed by atoms with E-state index in [1.54, 1.807) is 13.2 Å². The van der Waals surface area contributed by atoms with Gasteiger partial charge in [0.05, 0.1) is 12.8 Å². The molecule has 1 aromatic heterocycles. The zero-order valence-electron chi connectivity index (χ0n) is 9.53. The Labute approximate surface area is 98.2 Å². The van der Waals surface area contributed by atoms with Crippen molar-refractivity contribution in [3.8, 4) is 5.75 Å². The third kappa shape index (κ3) is 1.98. The van der Waals surface area contributed by atoms with E-state index in [0.717, 1.165) is 23.9 Å². The molecular formula is C13H13NO3. The van der Waals surface area contributed by atoms with Crippen LogP contribution in [0.25, 0.3) is 11.0 Å². The van der Waals surface area contributed by atoms with Gasteiger partial charge in [0.25, 0.3) is 0 Å². The molecule has 1 N–H and O–H groups in total. The van der Waals surface area contributed by atoms with E-state index in [9.17, 15) is 4.79 Å². The fourth-order valence-electron chi connectivity index (χ4n) is 1.84. The first-order chi connectivity index (χ1) is 8.26. The molecule has 4 nitrogen and oxygen atoms in total. The normalized spacial score (nSPS) is 14.9. The van der Waals surface area contributed by atoms with Crippen molar-refractivity contribution in [2.45, 2.75) is 18.9 Å². The Morgan fingerprint density at radius 1 is 1.35 bits per heavy atom. The molecule has 0 atom stereocenters. The Hall–Kier alpha value is -1.97. The van der Waals surface area contributed by atoms with Gasteiger partial charge in [-0.2, -0.15) is 0 Å². The zero-order chi connectivity index (χ0) is 11.8. The van der Waals surface area contributed by atoms with Crippen molar-refractivity contribution < 1.29 is 9.15 Å². The molecule has 1 fully saturated rings. The van der Waals surface area contributed by atoms with E-state index >= 15 is 0 Å². The van der Waals surface area contributed by atoms with Gasteiger partial charge in [0.1, 0.15) is 11.3 Å². The Morgan fingerprint density at radius 3 is 2.88 bits per heavy atom. The van der Waals surface area contributed by atoms with Crippen molar-refractivity contribution in [2.75, 3.05) is 12.4 Å². The van der Waals surface area contributed by atoms with E-state index in [4.69, 9.17) is 9.15 Å². The number of methoxy groups -OCH3 is 1. The Morgan fingerprint density at radius 2 is 2.18 bits per heavy atom. The lowest BCUT2D eigenvalue weighted by molar-refractivity contribution is 0.414. The minimum absolute atomic E-state index is 0.339. The van der Waals surface area contributed by atoms with Gasteiger partial charge in [0.2, 0.25) is 0 Å². The van der Waals surface area contributed by atoms with Crippen LogP contribution in [0.2, 0.25) is 0 Å². The highest BCUT2D eigenvalue weighted by molar-refractivity contribution is 5.90. The minimum atomic E-state index is -0.339. The fourth-order valence-corrected chi connectivity index (χ4v) is 1.84. The second kappa shape index (κ2) is 3.80. The summed E-state index contributed by atoms with van der Waals surface area (Å²) in [5.41, 5.74) is 1.07. The molecular weight excluding hydrogens is 218 g/mol. The van der Waals surface area contributed by atoms with Crippen LogP contribution in [0.3, 0.4) is 0 Å². The summed E-state index contributed by atoms with van der Waals surface area (Å²) in [5, 5.41) is 4.25. The number of rotatable bonds is 3. The lowest BCUT2D eigenvalue weighted by atomic mass is 10.2. The molecule has 0 amide bonds. The van der Waals surface area contributed by atoms with Crippen LogP contribution in [-0.4, -0.2) is 13.2 Å². The third-order valence-corrected chi connectivity index (χ3v) is 2.89. The van der Waals surface area contributed by atoms with Gasteiger partial charge in [-0.25, -0.2) is 4.79 Å². The van der Waals surface area contributed by atoms with E-state index in [2.05, 4.69) is 5.32 Å². The van der Waals surface area contributed by atoms with E-state index in [0.29, 0.717) is 17.4 Å². The third-order valence-electron chi connectivity index (χ3n) is 2.89. The molecule has 88 valence electrons. The highest BCUT2D eigenvalue weighted by Crippen LogP contribution is 2.30. The van der Waals surface area contributed by atoms with Crippen LogP contribution in [-0.2, 0) is 0 Å². The van der Waals surface area contributed by atoms with Crippen LogP contribution in [0.4, 0.5) is 5.69 Å². The van der Waals surface area contributed by atoms with Crippen molar-refractivity contribution in [2.24, 2.45) is 0 Å². The van der Waals surface area contributed by atoms with Crippen LogP contribution in [0.1, 0.15) is 12.8 Å². The largest absolute Gasteiger partial charge is 0.497 e. The van der Waals surface area contributed by atoms with Gasteiger partial charge in [-0.15, -0.1) is 0 Å². The molecule has 0 saturated heterocycles. The van der Waals surface area contributed by atoms with Crippen LogP contribution in [0, 0.1) is 0 Å². The molecule has 4 heteroatoms. The summed E-state index contributed by atoms with van der Waals surface area (Å²) in [4.78, 5) is 11.5. The summed E-state index contributed by atoms with van der Waals surface area (Å²) in [6.45, 7) is 0. The maximum Gasteiger partial charge on any atom is 0.338 e. The summed E-state index contributed by atoms with van der Waals surface area (Å²) in [7, 11) is 1.59. The Balaban J connectivity index is 2.16. The molecule has 1 aliphatic rings. The molecule has 3 rings (SSSR count). The molecule has 0 spiro atoms. The van der Waals surface area contributed by atoms with Crippen molar-refractivity contribution in [3.63, 3.8) is 0 Å². The van der Waals surface area contributed by atoms with Crippen LogP contribution in [0.5, 0.6) is 5.75 Å². The number of hydrogen-bond donors (Lipinski definition) is 1. The first-order valence-corrected chi connectivity index (χ1v) is 5.65. The highest BCUT2D eigenvalue weighted by Gasteiger charge is 2.22. The van der Waals surface area contributed by atoms with Gasteiger partial charge in [-0.05, 0) is 25.0 Å². The predicted octanol–water partition coefficient (Wildman–Crippen LogP) is 2.38. The number of ether oxygens (including phenoxy) is 1. The van der Waals surface area contributed by atoms with E-state index < -0.39 is 0 Å². The molecule has 1 aromatic carbocycles. The lowest BCUT2D eigenvalue weighted by Crippen LogP contribution is -2.06. The predicted molar refractivity (Wildman–Crippen MR) is 65.7 cm³/mol. The monoisotopic (exact) mass is 231 g/mol. The maximum absolute atomic E-state index is 11.5. The molecule has 2 aromatic rings. The lowest BCUT2D eigenvalue weighted by Gasteiger charge is -2.08. The van der Waals surface area contributed by atoms with Gasteiger partial charge in [0.15, 0.2) is 0 Å². The van der Waals surface area contributed by atoms with Crippen molar-refractivity contribution in [1.29, 1.82) is 0 Å². The standard InChI is InChI=1S/C13H13NO3/c1-16-9-4-5-10-11(14-8-2-3-8)7-13(15)17-12(10)6-9/h4-8,14H,2-3H2,1H3. The summed E-state index contributed by atoms with van der Waals surface area (Å²) in [6.07, 6.45) is 2.33. The zero-order valence-corrected chi connectivity index (χ0v) is 9.53. The number of nitrogens with one attached hydrogen (secondary N) is 1. The fraction of sp³-hybridized carbons (Fsp3) is 0.308. The maximum atomic E-state index is 11.5. The Kier molecular flexibility index (Phi) is 2.28. The second-order valence-corrected chi connectivity index (χ2v) is 4.26. The summed E-state index contributed by atoms with van der Waals surface area (Å²) < 4.78 is 10.3. The van der Waals surface area contributed by atoms with Crippen LogP contribution >= 0.6 is 0 Å². The summed E-state index contributed by atoms with van der Waals surface area (Å²) >= 11 is 0. The number of benzene rings is 1.